The summed E-state index contributed by atoms with van der Waals surface area (Å²) < 4.78 is 0. The Morgan fingerprint density at radius 3 is 2.50 bits per heavy atom. The number of piperidine rings is 1. The molecule has 1 fully saturated rings. The first-order valence-electron chi connectivity index (χ1n) is 5.68. The van der Waals surface area contributed by atoms with Crippen LogP contribution in [0.3, 0.4) is 0 Å². The Balaban J connectivity index is 2.95. The van der Waals surface area contributed by atoms with Crippen molar-refractivity contribution in [2.45, 2.75) is 31.2 Å². The summed E-state index contributed by atoms with van der Waals surface area (Å²) in [5.74, 6) is -1.05. The lowest BCUT2D eigenvalue weighted by atomic mass is 9.91. The molecule has 1 aliphatic heterocycles. The minimum atomic E-state index is -1.45. The summed E-state index contributed by atoms with van der Waals surface area (Å²) in [5, 5.41) is 31.1. The van der Waals surface area contributed by atoms with E-state index in [2.05, 4.69) is 5.32 Å². The Morgan fingerprint density at radius 1 is 1.44 bits per heavy atom. The van der Waals surface area contributed by atoms with Gasteiger partial charge in [0.1, 0.15) is 18.2 Å². The van der Waals surface area contributed by atoms with Crippen molar-refractivity contribution < 1.29 is 24.9 Å². The average molecular weight is 261 g/mol. The summed E-state index contributed by atoms with van der Waals surface area (Å²) in [7, 11) is 0. The molecule has 104 valence electrons. The lowest BCUT2D eigenvalue weighted by Crippen LogP contribution is -2.69. The van der Waals surface area contributed by atoms with Gasteiger partial charge in [-0.25, -0.2) is 0 Å². The number of aliphatic hydroxyl groups excluding tert-OH is 3. The highest BCUT2D eigenvalue weighted by Crippen LogP contribution is 2.19. The summed E-state index contributed by atoms with van der Waals surface area (Å²) in [6, 6.07) is -2.13. The number of hydrogen-bond donors (Lipinski definition) is 5. The van der Waals surface area contributed by atoms with Gasteiger partial charge in [-0.3, -0.25) is 9.59 Å². The highest BCUT2D eigenvalue weighted by Gasteiger charge is 2.47. The van der Waals surface area contributed by atoms with Gasteiger partial charge in [0.2, 0.25) is 11.8 Å². The number of carbonyl (C=O) groups is 2. The first kappa shape index (κ1) is 14.8. The molecule has 8 nitrogen and oxygen atoms in total. The zero-order valence-electron chi connectivity index (χ0n) is 10.1. The second-order valence-electron chi connectivity index (χ2n) is 4.23. The molecule has 0 aromatic heterocycles. The topological polar surface area (TPSA) is 136 Å². The third kappa shape index (κ3) is 2.78. The van der Waals surface area contributed by atoms with Crippen molar-refractivity contribution in [3.05, 3.63) is 0 Å². The van der Waals surface area contributed by atoms with E-state index < -0.39 is 42.7 Å². The number of nitrogens with one attached hydrogen (secondary N) is 1. The maximum Gasteiger partial charge on any atom is 0.248 e. The van der Waals surface area contributed by atoms with Crippen LogP contribution in [0.2, 0.25) is 0 Å². The van der Waals surface area contributed by atoms with Crippen molar-refractivity contribution in [1.82, 2.24) is 10.2 Å². The molecule has 0 aromatic carbocycles. The lowest BCUT2D eigenvalue weighted by Gasteiger charge is -2.44. The van der Waals surface area contributed by atoms with E-state index in [-0.39, 0.29) is 13.1 Å². The van der Waals surface area contributed by atoms with Gasteiger partial charge in [-0.15, -0.1) is 0 Å². The van der Waals surface area contributed by atoms with Crippen molar-refractivity contribution in [2.75, 3.05) is 19.7 Å². The second kappa shape index (κ2) is 6.10. The first-order chi connectivity index (χ1) is 8.43. The van der Waals surface area contributed by atoms with Crippen molar-refractivity contribution in [3.63, 3.8) is 0 Å². The smallest absolute Gasteiger partial charge is 0.248 e. The van der Waals surface area contributed by atoms with Gasteiger partial charge >= 0.3 is 0 Å². The summed E-state index contributed by atoms with van der Waals surface area (Å²) in [4.78, 5) is 24.2. The van der Waals surface area contributed by atoms with Crippen LogP contribution in [0.15, 0.2) is 0 Å². The van der Waals surface area contributed by atoms with Crippen molar-refractivity contribution in [2.24, 2.45) is 5.73 Å². The fraction of sp³-hybridized carbons (Fsp3) is 0.800. The van der Waals surface area contributed by atoms with E-state index >= 15 is 0 Å². The number of hydrogen-bond acceptors (Lipinski definition) is 6. The number of nitrogens with two attached hydrogens (primary N) is 1. The molecule has 6 N–H and O–H groups in total. The van der Waals surface area contributed by atoms with Gasteiger partial charge < -0.3 is 31.3 Å². The predicted octanol–water partition coefficient (Wildman–Crippen LogP) is -3.63. The molecule has 0 aromatic rings. The van der Waals surface area contributed by atoms with Gasteiger partial charge in [-0.05, 0) is 0 Å². The number of amides is 2. The number of nitrogens with zero attached hydrogens (tertiary/aromatic N) is 1. The van der Waals surface area contributed by atoms with Gasteiger partial charge in [0.05, 0.1) is 12.6 Å². The normalized spacial score (nSPS) is 32.5. The van der Waals surface area contributed by atoms with E-state index in [1.807, 2.05) is 0 Å². The van der Waals surface area contributed by atoms with Crippen LogP contribution >= 0.6 is 0 Å². The third-order valence-electron chi connectivity index (χ3n) is 2.95. The summed E-state index contributed by atoms with van der Waals surface area (Å²) in [6.45, 7) is 0.996. The molecule has 0 radical (unpaired) electrons. The Bertz CT molecular complexity index is 325. The molecule has 1 heterocycles. The molecular weight excluding hydrogens is 242 g/mol. The number of rotatable bonds is 4. The monoisotopic (exact) mass is 261 g/mol. The van der Waals surface area contributed by atoms with Gasteiger partial charge in [0.15, 0.2) is 0 Å². The molecule has 0 saturated carbocycles. The SMILES string of the molecule is CC(=O)NC1C(=O)N(CCN)C(CO)[C@@H](O)[C@@H]1O. The summed E-state index contributed by atoms with van der Waals surface area (Å²) in [5.41, 5.74) is 5.36. The minimum absolute atomic E-state index is 0.129. The van der Waals surface area contributed by atoms with Crippen LogP contribution in [0.4, 0.5) is 0 Å². The van der Waals surface area contributed by atoms with Crippen LogP contribution in [0.1, 0.15) is 6.92 Å². The fourth-order valence-electron chi connectivity index (χ4n) is 2.09. The van der Waals surface area contributed by atoms with E-state index in [4.69, 9.17) is 10.8 Å². The first-order valence-corrected chi connectivity index (χ1v) is 5.68. The van der Waals surface area contributed by atoms with Gasteiger partial charge in [0, 0.05) is 20.0 Å². The van der Waals surface area contributed by atoms with E-state index in [1.165, 1.54) is 11.8 Å². The van der Waals surface area contributed by atoms with Crippen LogP contribution < -0.4 is 11.1 Å². The third-order valence-corrected chi connectivity index (χ3v) is 2.95. The minimum Gasteiger partial charge on any atom is -0.394 e. The molecule has 0 aliphatic carbocycles. The van der Waals surface area contributed by atoms with E-state index in [9.17, 15) is 19.8 Å². The molecule has 8 heteroatoms. The zero-order valence-corrected chi connectivity index (χ0v) is 10.1. The zero-order chi connectivity index (χ0) is 13.9. The van der Waals surface area contributed by atoms with Crippen LogP contribution in [-0.4, -0.2) is 76.0 Å². The molecule has 2 unspecified atom stereocenters. The highest BCUT2D eigenvalue weighted by molar-refractivity contribution is 5.88. The van der Waals surface area contributed by atoms with Crippen LogP contribution in [0, 0.1) is 0 Å². The molecule has 18 heavy (non-hydrogen) atoms. The van der Waals surface area contributed by atoms with E-state index in [1.54, 1.807) is 0 Å². The largest absolute Gasteiger partial charge is 0.394 e. The Kier molecular flexibility index (Phi) is 5.03. The maximum absolute atomic E-state index is 12.0. The number of carbonyl (C=O) groups excluding carboxylic acids is 2. The molecule has 0 bridgehead atoms. The molecule has 2 amide bonds. The average Bonchev–Trinajstić information content (AvgIpc) is 2.32. The van der Waals surface area contributed by atoms with Gasteiger partial charge in [-0.1, -0.05) is 0 Å². The second-order valence-corrected chi connectivity index (χ2v) is 4.23. The fourth-order valence-corrected chi connectivity index (χ4v) is 2.09. The Labute approximate surface area is 104 Å². The summed E-state index contributed by atoms with van der Waals surface area (Å²) >= 11 is 0. The maximum atomic E-state index is 12.0. The lowest BCUT2D eigenvalue weighted by molar-refractivity contribution is -0.163. The van der Waals surface area contributed by atoms with Gasteiger partial charge in [-0.2, -0.15) is 0 Å². The van der Waals surface area contributed by atoms with Crippen molar-refractivity contribution in [1.29, 1.82) is 0 Å². The molecule has 1 aliphatic rings. The summed E-state index contributed by atoms with van der Waals surface area (Å²) in [6.07, 6.45) is -2.79. The Morgan fingerprint density at radius 2 is 2.06 bits per heavy atom. The molecule has 1 rings (SSSR count). The Hall–Kier alpha value is -1.22. The predicted molar refractivity (Wildman–Crippen MR) is 61.3 cm³/mol. The molecular formula is C10H19N3O5. The van der Waals surface area contributed by atoms with Crippen LogP contribution in [0.25, 0.3) is 0 Å². The van der Waals surface area contributed by atoms with Gasteiger partial charge in [0.25, 0.3) is 0 Å². The van der Waals surface area contributed by atoms with E-state index in [0.29, 0.717) is 0 Å². The molecule has 4 atom stereocenters. The number of likely N-dealkylation sites (tertiary alicyclic amines) is 1. The molecule has 1 saturated heterocycles. The quantitative estimate of drug-likeness (QED) is 0.354. The van der Waals surface area contributed by atoms with Crippen molar-refractivity contribution in [3.8, 4) is 0 Å². The molecule has 0 spiro atoms. The van der Waals surface area contributed by atoms with Crippen LogP contribution in [-0.2, 0) is 9.59 Å². The van der Waals surface area contributed by atoms with E-state index in [0.717, 1.165) is 0 Å². The standard InChI is InChI=1S/C10H19N3O5/c1-5(15)12-7-9(17)8(16)6(4-14)13(3-2-11)10(7)18/h6-9,14,16-17H,2-4,11H2,1H3,(H,12,15)/t6?,7?,8-,9-/m1/s1. The van der Waals surface area contributed by atoms with Crippen LogP contribution in [0.5, 0.6) is 0 Å². The number of aliphatic hydroxyl groups is 3. The highest BCUT2D eigenvalue weighted by atomic mass is 16.3. The van der Waals surface area contributed by atoms with Crippen molar-refractivity contribution >= 4 is 11.8 Å².